The van der Waals surface area contributed by atoms with Gasteiger partial charge in [0.25, 0.3) is 0 Å². The summed E-state index contributed by atoms with van der Waals surface area (Å²) in [6.07, 6.45) is 9.20. The number of carbonyl (C=O) groups excluding carboxylic acids is 1. The van der Waals surface area contributed by atoms with Gasteiger partial charge in [-0.25, -0.2) is 0 Å². The summed E-state index contributed by atoms with van der Waals surface area (Å²) in [5, 5.41) is 0.520. The van der Waals surface area contributed by atoms with Crippen LogP contribution in [0.25, 0.3) is 0 Å². The second-order valence-electron chi connectivity index (χ2n) is 12.1. The number of hydrogen-bond donors (Lipinski definition) is 0. The molecule has 0 amide bonds. The Bertz CT molecular complexity index is 1290. The number of rotatable bonds is 9. The molecule has 0 radical (unpaired) electrons. The number of carbonyl (C=O) groups is 1. The van der Waals surface area contributed by atoms with Crippen LogP contribution >= 0.6 is 0 Å². The van der Waals surface area contributed by atoms with Gasteiger partial charge in [-0.05, 0) is 68.1 Å². The van der Waals surface area contributed by atoms with Crippen LogP contribution in [0.15, 0.2) is 30.3 Å². The van der Waals surface area contributed by atoms with Crippen LogP contribution in [0.4, 0.5) is 0 Å². The normalized spacial score (nSPS) is 27.9. The molecule has 2 aromatic rings. The number of benzene rings is 2. The van der Waals surface area contributed by atoms with E-state index >= 15 is 0 Å². The Morgan fingerprint density at radius 2 is 1.84 bits per heavy atom. The van der Waals surface area contributed by atoms with E-state index < -0.39 is 0 Å². The molecule has 1 saturated carbocycles. The van der Waals surface area contributed by atoms with E-state index in [4.69, 9.17) is 18.9 Å². The van der Waals surface area contributed by atoms with Crippen LogP contribution in [0.5, 0.6) is 23.0 Å². The summed E-state index contributed by atoms with van der Waals surface area (Å²) in [5.41, 5.74) is 1.86. The van der Waals surface area contributed by atoms with Gasteiger partial charge in [-0.1, -0.05) is 49.2 Å². The lowest BCUT2D eigenvalue weighted by Crippen LogP contribution is -2.49. The molecular formula is C32H37BO5. The highest BCUT2D eigenvalue weighted by Gasteiger charge is 2.69. The van der Waals surface area contributed by atoms with E-state index in [2.05, 4.69) is 11.8 Å². The molecule has 38 heavy (non-hydrogen) atoms. The van der Waals surface area contributed by atoms with Crippen molar-refractivity contribution in [2.45, 2.75) is 75.4 Å². The highest BCUT2D eigenvalue weighted by molar-refractivity contribution is 6.70. The number of hydrogen-bond acceptors (Lipinski definition) is 5. The highest BCUT2D eigenvalue weighted by Crippen LogP contribution is 2.78. The molecule has 1 aliphatic carbocycles. The first-order valence-electron chi connectivity index (χ1n) is 14.1. The SMILES string of the molecule is COc1ccc(C#Cc2cc(OC)c(OC(C)C)cc2C=O)cc1OCCC12CC3C[C@@H]4CC(C1)C(C4)B32. The average Bonchev–Trinajstić information content (AvgIpc) is 3.34. The fourth-order valence-electron chi connectivity index (χ4n) is 8.50. The van der Waals surface area contributed by atoms with Gasteiger partial charge in [0, 0.05) is 22.8 Å². The molecule has 2 aromatic carbocycles. The number of methoxy groups -OCH3 is 2. The standard InChI is InChI=1S/C32H37BO5/c1-20(2)38-31-16-25(19-34)23(15-29(31)36-4)7-5-21-6-8-28(35-3)30(14-21)37-10-9-32-17-24-11-22-12-26(18-32)33(32)27(24)13-22/h6,8,14-16,19-20,22,24,26-27H,9-13,17-18H2,1-4H3/t22-,24?,26?,27?,32?/m0/s1. The summed E-state index contributed by atoms with van der Waals surface area (Å²) in [5.74, 6) is 12.9. The Balaban J connectivity index is 1.17. The van der Waals surface area contributed by atoms with Crippen molar-refractivity contribution in [3.63, 3.8) is 0 Å². The van der Waals surface area contributed by atoms with Gasteiger partial charge in [0.1, 0.15) is 0 Å². The molecule has 0 spiro atoms. The minimum Gasteiger partial charge on any atom is -0.493 e. The first kappa shape index (κ1) is 25.2. The van der Waals surface area contributed by atoms with Crippen LogP contribution in [-0.4, -0.2) is 39.9 Å². The predicted molar refractivity (Wildman–Crippen MR) is 149 cm³/mol. The smallest absolute Gasteiger partial charge is 0.162 e. The van der Waals surface area contributed by atoms with Crippen molar-refractivity contribution >= 4 is 13.0 Å². The van der Waals surface area contributed by atoms with Crippen molar-refractivity contribution in [1.29, 1.82) is 0 Å². The van der Waals surface area contributed by atoms with E-state index in [1.54, 1.807) is 26.4 Å². The summed E-state index contributed by atoms with van der Waals surface area (Å²) in [6, 6.07) is 9.20. The fraction of sp³-hybridized carbons (Fsp3) is 0.531. The third-order valence-corrected chi connectivity index (χ3v) is 9.68. The molecule has 5 nitrogen and oxygen atoms in total. The topological polar surface area (TPSA) is 54.0 Å². The van der Waals surface area contributed by atoms with Crippen LogP contribution in [0.3, 0.4) is 0 Å². The summed E-state index contributed by atoms with van der Waals surface area (Å²) >= 11 is 0. The van der Waals surface area contributed by atoms with Crippen molar-refractivity contribution in [2.75, 3.05) is 20.8 Å². The second-order valence-corrected chi connectivity index (χ2v) is 12.1. The van der Waals surface area contributed by atoms with E-state index in [1.165, 1.54) is 32.1 Å². The van der Waals surface area contributed by atoms with Gasteiger partial charge >= 0.3 is 0 Å². The summed E-state index contributed by atoms with van der Waals surface area (Å²) in [4.78, 5) is 11.8. The lowest BCUT2D eigenvalue weighted by atomic mass is 9.12. The fourth-order valence-corrected chi connectivity index (χ4v) is 8.50. The molecular weight excluding hydrogens is 475 g/mol. The molecule has 2 bridgehead atoms. The molecule has 6 rings (SSSR count). The Hall–Kier alpha value is -3.07. The molecule has 4 fully saturated rings. The highest BCUT2D eigenvalue weighted by atomic mass is 16.5. The number of fused-ring (bicyclic) bond motifs is 1. The predicted octanol–water partition coefficient (Wildman–Crippen LogP) is 6.69. The zero-order valence-corrected chi connectivity index (χ0v) is 22.9. The van der Waals surface area contributed by atoms with Crippen LogP contribution in [0.1, 0.15) is 73.9 Å². The van der Waals surface area contributed by atoms with Gasteiger partial charge < -0.3 is 18.9 Å². The number of ether oxygens (including phenoxy) is 4. The van der Waals surface area contributed by atoms with Crippen LogP contribution in [0.2, 0.25) is 16.9 Å². The summed E-state index contributed by atoms with van der Waals surface area (Å²) < 4.78 is 23.2. The van der Waals surface area contributed by atoms with Crippen molar-refractivity contribution in [3.05, 3.63) is 47.0 Å². The average molecular weight is 512 g/mol. The van der Waals surface area contributed by atoms with E-state index in [-0.39, 0.29) is 6.10 Å². The molecule has 0 N–H and O–H groups in total. The zero-order valence-electron chi connectivity index (χ0n) is 22.9. The first-order chi connectivity index (χ1) is 18.4. The van der Waals surface area contributed by atoms with Crippen molar-refractivity contribution in [3.8, 4) is 34.8 Å². The zero-order chi connectivity index (χ0) is 26.4. The van der Waals surface area contributed by atoms with E-state index in [9.17, 15) is 4.79 Å². The van der Waals surface area contributed by atoms with E-state index in [1.807, 2.05) is 32.0 Å². The Morgan fingerprint density at radius 3 is 2.61 bits per heavy atom. The molecule has 3 saturated heterocycles. The van der Waals surface area contributed by atoms with Crippen molar-refractivity contribution in [2.24, 2.45) is 11.8 Å². The molecule has 3 heterocycles. The molecule has 0 aromatic heterocycles. The van der Waals surface area contributed by atoms with Crippen LogP contribution in [-0.2, 0) is 0 Å². The summed E-state index contributed by atoms with van der Waals surface area (Å²) in [7, 11) is 3.25. The van der Waals surface area contributed by atoms with E-state index in [0.717, 1.165) is 54.2 Å². The summed E-state index contributed by atoms with van der Waals surface area (Å²) in [6.45, 7) is 5.53. The number of aldehydes is 1. The van der Waals surface area contributed by atoms with E-state index in [0.29, 0.717) is 40.3 Å². The third kappa shape index (κ3) is 4.34. The molecule has 6 heteroatoms. The maximum absolute atomic E-state index is 11.8. The molecule has 3 aliphatic heterocycles. The Kier molecular flexibility index (Phi) is 6.58. The Morgan fingerprint density at radius 1 is 1.00 bits per heavy atom. The lowest BCUT2D eigenvalue weighted by Gasteiger charge is -2.55. The molecule has 4 aliphatic rings. The first-order valence-corrected chi connectivity index (χ1v) is 14.1. The second kappa shape index (κ2) is 9.91. The van der Waals surface area contributed by atoms with Crippen LogP contribution in [0, 0.1) is 23.7 Å². The monoisotopic (exact) mass is 512 g/mol. The van der Waals surface area contributed by atoms with Crippen molar-refractivity contribution < 1.29 is 23.7 Å². The van der Waals surface area contributed by atoms with Gasteiger partial charge in [-0.2, -0.15) is 0 Å². The largest absolute Gasteiger partial charge is 0.493 e. The van der Waals surface area contributed by atoms with Gasteiger partial charge in [-0.3, -0.25) is 4.79 Å². The van der Waals surface area contributed by atoms with Gasteiger partial charge in [0.15, 0.2) is 36.0 Å². The maximum Gasteiger partial charge on any atom is 0.162 e. The van der Waals surface area contributed by atoms with Gasteiger partial charge in [0.2, 0.25) is 0 Å². The molecule has 4 unspecified atom stereocenters. The molecule has 198 valence electrons. The van der Waals surface area contributed by atoms with Crippen LogP contribution < -0.4 is 18.9 Å². The Labute approximate surface area is 226 Å². The quantitative estimate of drug-likeness (QED) is 0.213. The van der Waals surface area contributed by atoms with Gasteiger partial charge in [-0.15, -0.1) is 0 Å². The maximum atomic E-state index is 11.8. The minimum atomic E-state index is -0.0355. The minimum absolute atomic E-state index is 0.0355. The molecule has 5 atom stereocenters. The third-order valence-electron chi connectivity index (χ3n) is 9.68. The van der Waals surface area contributed by atoms with Gasteiger partial charge in [0.05, 0.1) is 26.9 Å². The lowest BCUT2D eigenvalue weighted by molar-refractivity contribution is 0.112. The van der Waals surface area contributed by atoms with Crippen molar-refractivity contribution in [1.82, 2.24) is 0 Å².